The first kappa shape index (κ1) is 14.5. The van der Waals surface area contributed by atoms with Gasteiger partial charge in [-0.05, 0) is 11.1 Å². The van der Waals surface area contributed by atoms with Gasteiger partial charge in [-0.1, -0.05) is 80.6 Å². The molecular weight excluding hydrogens is 242 g/mol. The van der Waals surface area contributed by atoms with Gasteiger partial charge in [0.1, 0.15) is 0 Å². The van der Waals surface area contributed by atoms with E-state index in [2.05, 4.69) is 80.3 Å². The van der Waals surface area contributed by atoms with Crippen LogP contribution in [0.15, 0.2) is 73.3 Å². The lowest BCUT2D eigenvalue weighted by atomic mass is 9.80. The number of hydrogen-bond donors (Lipinski definition) is 1. The number of nitrogens with one attached hydrogen (secondary N) is 1. The van der Waals surface area contributed by atoms with Crippen LogP contribution in [0.4, 0.5) is 0 Å². The summed E-state index contributed by atoms with van der Waals surface area (Å²) in [5, 5.41) is 3.67. The first-order valence-electron chi connectivity index (χ1n) is 7.09. The van der Waals surface area contributed by atoms with Gasteiger partial charge in [-0.3, -0.25) is 0 Å². The van der Waals surface area contributed by atoms with Crippen molar-refractivity contribution in [3.63, 3.8) is 0 Å². The molecule has 1 unspecified atom stereocenters. The first-order valence-corrected chi connectivity index (χ1v) is 7.09. The lowest BCUT2D eigenvalue weighted by molar-refractivity contribution is 0.314. The molecule has 0 saturated heterocycles. The number of benzene rings is 2. The van der Waals surface area contributed by atoms with E-state index >= 15 is 0 Å². The van der Waals surface area contributed by atoms with Gasteiger partial charge in [0.25, 0.3) is 0 Å². The standard InChI is InChI=1S/C19H23N/c1-4-19(2,3)18(17-13-9-6-10-14-17)20-15-16-11-7-5-8-12-16/h4-14,18,20H,1,15H2,2-3H3. The molecule has 0 heterocycles. The van der Waals surface area contributed by atoms with E-state index in [-0.39, 0.29) is 11.5 Å². The van der Waals surface area contributed by atoms with Gasteiger partial charge in [0.15, 0.2) is 0 Å². The summed E-state index contributed by atoms with van der Waals surface area (Å²) >= 11 is 0. The summed E-state index contributed by atoms with van der Waals surface area (Å²) in [5.74, 6) is 0. The summed E-state index contributed by atoms with van der Waals surface area (Å²) < 4.78 is 0. The van der Waals surface area contributed by atoms with Crippen molar-refractivity contribution < 1.29 is 0 Å². The topological polar surface area (TPSA) is 12.0 Å². The molecule has 1 N–H and O–H groups in total. The van der Waals surface area contributed by atoms with Crippen molar-refractivity contribution >= 4 is 0 Å². The van der Waals surface area contributed by atoms with Gasteiger partial charge in [-0.2, -0.15) is 0 Å². The third kappa shape index (κ3) is 3.58. The SMILES string of the molecule is C=CC(C)(C)C(NCc1ccccc1)c1ccccc1. The fourth-order valence-electron chi connectivity index (χ4n) is 2.39. The minimum atomic E-state index is -0.00384. The summed E-state index contributed by atoms with van der Waals surface area (Å²) in [6.45, 7) is 9.29. The molecule has 0 aromatic heterocycles. The minimum absolute atomic E-state index is 0.00384. The average Bonchev–Trinajstić information content (AvgIpc) is 2.49. The average molecular weight is 265 g/mol. The fraction of sp³-hybridized carbons (Fsp3) is 0.263. The van der Waals surface area contributed by atoms with Crippen molar-refractivity contribution in [2.75, 3.05) is 0 Å². The molecule has 2 aromatic carbocycles. The maximum Gasteiger partial charge on any atom is 0.0409 e. The van der Waals surface area contributed by atoms with Crippen molar-refractivity contribution in [3.05, 3.63) is 84.4 Å². The summed E-state index contributed by atoms with van der Waals surface area (Å²) in [4.78, 5) is 0. The Hall–Kier alpha value is -1.86. The van der Waals surface area contributed by atoms with E-state index < -0.39 is 0 Å². The molecular formula is C19H23N. The first-order chi connectivity index (χ1) is 9.63. The van der Waals surface area contributed by atoms with Gasteiger partial charge in [-0.25, -0.2) is 0 Å². The van der Waals surface area contributed by atoms with Crippen LogP contribution in [0.3, 0.4) is 0 Å². The van der Waals surface area contributed by atoms with Gasteiger partial charge in [0.2, 0.25) is 0 Å². The van der Waals surface area contributed by atoms with Crippen LogP contribution < -0.4 is 5.32 Å². The predicted octanol–water partition coefficient (Wildman–Crippen LogP) is 4.73. The highest BCUT2D eigenvalue weighted by molar-refractivity contribution is 5.23. The molecule has 0 fully saturated rings. The molecule has 0 amide bonds. The van der Waals surface area contributed by atoms with Crippen molar-refractivity contribution in [1.82, 2.24) is 5.32 Å². The van der Waals surface area contributed by atoms with Crippen molar-refractivity contribution in [2.45, 2.75) is 26.4 Å². The van der Waals surface area contributed by atoms with E-state index in [1.165, 1.54) is 11.1 Å². The molecule has 1 atom stereocenters. The quantitative estimate of drug-likeness (QED) is 0.745. The van der Waals surface area contributed by atoms with Crippen LogP contribution in [0.1, 0.15) is 31.0 Å². The van der Waals surface area contributed by atoms with Crippen molar-refractivity contribution in [1.29, 1.82) is 0 Å². The zero-order valence-corrected chi connectivity index (χ0v) is 12.3. The fourth-order valence-corrected chi connectivity index (χ4v) is 2.39. The molecule has 1 nitrogen and oxygen atoms in total. The maximum absolute atomic E-state index is 3.99. The Balaban J connectivity index is 2.18. The highest BCUT2D eigenvalue weighted by Crippen LogP contribution is 2.34. The molecule has 0 saturated carbocycles. The van der Waals surface area contributed by atoms with Crippen LogP contribution in [0, 0.1) is 5.41 Å². The van der Waals surface area contributed by atoms with Gasteiger partial charge >= 0.3 is 0 Å². The van der Waals surface area contributed by atoms with Crippen molar-refractivity contribution in [3.8, 4) is 0 Å². The van der Waals surface area contributed by atoms with Gasteiger partial charge in [0, 0.05) is 18.0 Å². The molecule has 1 heteroatoms. The second-order valence-electron chi connectivity index (χ2n) is 5.74. The minimum Gasteiger partial charge on any atom is -0.305 e. The molecule has 0 aliphatic heterocycles. The summed E-state index contributed by atoms with van der Waals surface area (Å²) in [6.07, 6.45) is 2.03. The van der Waals surface area contributed by atoms with E-state index in [0.717, 1.165) is 6.54 Å². The lowest BCUT2D eigenvalue weighted by Crippen LogP contribution is -2.32. The molecule has 2 rings (SSSR count). The molecule has 0 aliphatic carbocycles. The Labute approximate surface area is 122 Å². The molecule has 0 aliphatic rings. The molecule has 0 radical (unpaired) electrons. The molecule has 20 heavy (non-hydrogen) atoms. The monoisotopic (exact) mass is 265 g/mol. The molecule has 0 spiro atoms. The Morgan fingerprint density at radius 3 is 2.10 bits per heavy atom. The Bertz CT molecular complexity index is 528. The molecule has 0 bridgehead atoms. The van der Waals surface area contributed by atoms with E-state index in [9.17, 15) is 0 Å². The highest BCUT2D eigenvalue weighted by atomic mass is 14.9. The molecule has 2 aromatic rings. The van der Waals surface area contributed by atoms with Gasteiger partial charge < -0.3 is 5.32 Å². The summed E-state index contributed by atoms with van der Waals surface area (Å²) in [6, 6.07) is 21.3. The third-order valence-electron chi connectivity index (χ3n) is 3.76. The zero-order chi connectivity index (χ0) is 14.4. The van der Waals surface area contributed by atoms with E-state index in [1.54, 1.807) is 0 Å². The normalized spacial score (nSPS) is 12.9. The highest BCUT2D eigenvalue weighted by Gasteiger charge is 2.27. The van der Waals surface area contributed by atoms with Crippen LogP contribution in [0.5, 0.6) is 0 Å². The van der Waals surface area contributed by atoms with Crippen LogP contribution in [0.25, 0.3) is 0 Å². The van der Waals surface area contributed by atoms with Crippen LogP contribution in [0.2, 0.25) is 0 Å². The van der Waals surface area contributed by atoms with Gasteiger partial charge in [0.05, 0.1) is 0 Å². The van der Waals surface area contributed by atoms with E-state index in [1.807, 2.05) is 12.1 Å². The second kappa shape index (κ2) is 6.53. The Kier molecular flexibility index (Phi) is 4.75. The van der Waals surface area contributed by atoms with Crippen LogP contribution in [-0.2, 0) is 6.54 Å². The maximum atomic E-state index is 3.99. The number of hydrogen-bond acceptors (Lipinski definition) is 1. The smallest absolute Gasteiger partial charge is 0.0409 e. The Morgan fingerprint density at radius 2 is 1.55 bits per heavy atom. The second-order valence-corrected chi connectivity index (χ2v) is 5.74. The van der Waals surface area contributed by atoms with Crippen LogP contribution in [-0.4, -0.2) is 0 Å². The Morgan fingerprint density at radius 1 is 1.00 bits per heavy atom. The predicted molar refractivity (Wildman–Crippen MR) is 86.4 cm³/mol. The lowest BCUT2D eigenvalue weighted by Gasteiger charge is -2.33. The third-order valence-corrected chi connectivity index (χ3v) is 3.76. The van der Waals surface area contributed by atoms with E-state index in [0.29, 0.717) is 0 Å². The van der Waals surface area contributed by atoms with Crippen LogP contribution >= 0.6 is 0 Å². The van der Waals surface area contributed by atoms with Crippen molar-refractivity contribution in [2.24, 2.45) is 5.41 Å². The number of rotatable bonds is 6. The summed E-state index contributed by atoms with van der Waals surface area (Å²) in [5.41, 5.74) is 2.59. The molecule has 104 valence electrons. The summed E-state index contributed by atoms with van der Waals surface area (Å²) in [7, 11) is 0. The largest absolute Gasteiger partial charge is 0.305 e. The zero-order valence-electron chi connectivity index (χ0n) is 12.3. The van der Waals surface area contributed by atoms with Gasteiger partial charge in [-0.15, -0.1) is 6.58 Å². The van der Waals surface area contributed by atoms with E-state index in [4.69, 9.17) is 0 Å².